The summed E-state index contributed by atoms with van der Waals surface area (Å²) in [5.41, 5.74) is 4.65. The lowest BCUT2D eigenvalue weighted by molar-refractivity contribution is 0.190. The van der Waals surface area contributed by atoms with Crippen LogP contribution in [0.4, 0.5) is 11.6 Å². The molecule has 0 spiro atoms. The summed E-state index contributed by atoms with van der Waals surface area (Å²) in [6, 6.07) is 28.0. The Morgan fingerprint density at radius 3 is 2.27 bits per heavy atom. The predicted octanol–water partition coefficient (Wildman–Crippen LogP) is 5.36. The molecule has 0 unspecified atom stereocenters. The van der Waals surface area contributed by atoms with Crippen molar-refractivity contribution in [3.05, 3.63) is 123 Å². The van der Waals surface area contributed by atoms with Crippen LogP contribution in [0.3, 0.4) is 0 Å². The van der Waals surface area contributed by atoms with E-state index in [-0.39, 0.29) is 5.56 Å². The minimum atomic E-state index is 0.00569. The zero-order valence-electron chi connectivity index (χ0n) is 18.5. The topological polar surface area (TPSA) is 41.4 Å². The quantitative estimate of drug-likeness (QED) is 0.405. The third-order valence-electron chi connectivity index (χ3n) is 6.02. The van der Waals surface area contributed by atoms with Crippen LogP contribution in [0.1, 0.15) is 22.4 Å². The van der Waals surface area contributed by atoms with E-state index < -0.39 is 0 Å². The summed E-state index contributed by atoms with van der Waals surface area (Å²) in [5, 5.41) is 0.730. The Morgan fingerprint density at radius 2 is 1.55 bits per heavy atom. The Bertz CT molecular complexity index is 1320. The minimum absolute atomic E-state index is 0.00569. The van der Waals surface area contributed by atoms with Gasteiger partial charge in [-0.05, 0) is 36.2 Å². The Labute approximate surface area is 198 Å². The molecule has 0 N–H and O–H groups in total. The molecule has 1 aliphatic rings. The number of benzene rings is 3. The van der Waals surface area contributed by atoms with Crippen molar-refractivity contribution in [3.63, 3.8) is 0 Å². The van der Waals surface area contributed by atoms with Crippen LogP contribution < -0.4 is 10.5 Å². The molecule has 2 heterocycles. The lowest BCUT2D eigenvalue weighted by atomic mass is 10.1. The van der Waals surface area contributed by atoms with Crippen molar-refractivity contribution in [2.45, 2.75) is 26.6 Å². The van der Waals surface area contributed by atoms with Gasteiger partial charge >= 0.3 is 0 Å². The Kier molecular flexibility index (Phi) is 5.99. The number of hydrogen-bond donors (Lipinski definition) is 0. The van der Waals surface area contributed by atoms with Crippen molar-refractivity contribution >= 4 is 23.2 Å². The summed E-state index contributed by atoms with van der Waals surface area (Å²) < 4.78 is 1.79. The average molecular weight is 457 g/mol. The van der Waals surface area contributed by atoms with Gasteiger partial charge in [0.2, 0.25) is 5.95 Å². The van der Waals surface area contributed by atoms with E-state index in [9.17, 15) is 4.79 Å². The smallest absolute Gasteiger partial charge is 0.259 e. The SMILES string of the molecule is Cc1nc2n(c(=O)c1Cc1ccccc1)CN(Cc1ccccc1Cl)CN2c1ccccc1. The molecule has 0 amide bonds. The fourth-order valence-electron chi connectivity index (χ4n) is 4.30. The maximum absolute atomic E-state index is 13.7. The molecule has 4 aromatic rings. The van der Waals surface area contributed by atoms with E-state index in [1.165, 1.54) is 0 Å². The fraction of sp³-hybridized carbons (Fsp3) is 0.185. The number of aryl methyl sites for hydroxylation is 1. The van der Waals surface area contributed by atoms with E-state index in [1.807, 2.05) is 91.9 Å². The lowest BCUT2D eigenvalue weighted by Crippen LogP contribution is -2.47. The minimum Gasteiger partial charge on any atom is -0.298 e. The fourth-order valence-corrected chi connectivity index (χ4v) is 4.50. The van der Waals surface area contributed by atoms with Crippen molar-refractivity contribution < 1.29 is 0 Å². The molecule has 5 rings (SSSR count). The monoisotopic (exact) mass is 456 g/mol. The van der Waals surface area contributed by atoms with Crippen molar-refractivity contribution in [2.75, 3.05) is 11.6 Å². The van der Waals surface area contributed by atoms with Gasteiger partial charge in [0.25, 0.3) is 5.56 Å². The highest BCUT2D eigenvalue weighted by molar-refractivity contribution is 6.31. The molecule has 0 saturated heterocycles. The largest absolute Gasteiger partial charge is 0.298 e. The van der Waals surface area contributed by atoms with E-state index in [0.29, 0.717) is 32.3 Å². The number of rotatable bonds is 5. The number of nitrogens with zero attached hydrogens (tertiary/aromatic N) is 4. The maximum Gasteiger partial charge on any atom is 0.259 e. The van der Waals surface area contributed by atoms with Crippen LogP contribution in [0.2, 0.25) is 5.02 Å². The van der Waals surface area contributed by atoms with Crippen LogP contribution in [0.5, 0.6) is 0 Å². The molecule has 0 atom stereocenters. The summed E-state index contributed by atoms with van der Waals surface area (Å²) in [4.78, 5) is 23.0. The van der Waals surface area contributed by atoms with Gasteiger partial charge in [0, 0.05) is 29.2 Å². The second kappa shape index (κ2) is 9.22. The summed E-state index contributed by atoms with van der Waals surface area (Å²) in [6.45, 7) is 3.63. The Morgan fingerprint density at radius 1 is 0.879 bits per heavy atom. The highest BCUT2D eigenvalue weighted by Crippen LogP contribution is 2.29. The molecular weight excluding hydrogens is 432 g/mol. The van der Waals surface area contributed by atoms with E-state index in [0.717, 1.165) is 33.1 Å². The molecule has 33 heavy (non-hydrogen) atoms. The van der Waals surface area contributed by atoms with Gasteiger partial charge in [-0.2, -0.15) is 0 Å². The van der Waals surface area contributed by atoms with Crippen molar-refractivity contribution in [1.29, 1.82) is 0 Å². The Balaban J connectivity index is 1.58. The molecule has 6 heteroatoms. The molecule has 166 valence electrons. The first-order valence-electron chi connectivity index (χ1n) is 11.0. The lowest BCUT2D eigenvalue weighted by Gasteiger charge is -2.38. The van der Waals surface area contributed by atoms with Crippen molar-refractivity contribution in [1.82, 2.24) is 14.5 Å². The standard InChI is InChI=1S/C27H25ClN4O/c1-20-24(16-21-10-4-2-5-11-21)26(33)32-19-30(17-22-12-8-9-15-25(22)28)18-31(27(32)29-20)23-13-6-3-7-14-23/h2-15H,16-19H2,1H3. The number of para-hydroxylation sites is 1. The third kappa shape index (κ3) is 4.42. The molecule has 1 aromatic heterocycles. The normalized spacial score (nSPS) is 13.7. The van der Waals surface area contributed by atoms with Gasteiger partial charge < -0.3 is 0 Å². The molecule has 5 nitrogen and oxygen atoms in total. The second-order valence-corrected chi connectivity index (χ2v) is 8.75. The summed E-state index contributed by atoms with van der Waals surface area (Å²) >= 11 is 6.44. The molecule has 1 aliphatic heterocycles. The van der Waals surface area contributed by atoms with E-state index >= 15 is 0 Å². The highest BCUT2D eigenvalue weighted by Gasteiger charge is 2.28. The van der Waals surface area contributed by atoms with E-state index in [4.69, 9.17) is 16.6 Å². The van der Waals surface area contributed by atoms with Crippen LogP contribution >= 0.6 is 11.6 Å². The third-order valence-corrected chi connectivity index (χ3v) is 6.39. The predicted molar refractivity (Wildman–Crippen MR) is 133 cm³/mol. The van der Waals surface area contributed by atoms with E-state index in [1.54, 1.807) is 4.57 Å². The van der Waals surface area contributed by atoms with Gasteiger partial charge in [0.05, 0.1) is 19.0 Å². The number of aromatic nitrogens is 2. The average Bonchev–Trinajstić information content (AvgIpc) is 2.84. The summed E-state index contributed by atoms with van der Waals surface area (Å²) in [7, 11) is 0. The zero-order valence-corrected chi connectivity index (χ0v) is 19.2. The highest BCUT2D eigenvalue weighted by atomic mass is 35.5. The van der Waals surface area contributed by atoms with Crippen LogP contribution in [0, 0.1) is 6.92 Å². The van der Waals surface area contributed by atoms with Crippen LogP contribution in [-0.2, 0) is 19.6 Å². The second-order valence-electron chi connectivity index (χ2n) is 8.34. The van der Waals surface area contributed by atoms with Gasteiger partial charge in [-0.1, -0.05) is 78.3 Å². The van der Waals surface area contributed by atoms with Crippen molar-refractivity contribution in [2.24, 2.45) is 0 Å². The van der Waals surface area contributed by atoms with Gasteiger partial charge in [0.1, 0.15) is 0 Å². The van der Waals surface area contributed by atoms with E-state index in [2.05, 4.69) is 9.80 Å². The van der Waals surface area contributed by atoms with Gasteiger partial charge in [-0.3, -0.25) is 19.2 Å². The first-order chi connectivity index (χ1) is 16.1. The number of fused-ring (bicyclic) bond motifs is 1. The van der Waals surface area contributed by atoms with Gasteiger partial charge in [0.15, 0.2) is 0 Å². The molecular formula is C27H25ClN4O. The number of halogens is 1. The van der Waals surface area contributed by atoms with Crippen molar-refractivity contribution in [3.8, 4) is 0 Å². The van der Waals surface area contributed by atoms with Gasteiger partial charge in [-0.25, -0.2) is 4.98 Å². The zero-order chi connectivity index (χ0) is 22.8. The van der Waals surface area contributed by atoms with Crippen LogP contribution in [0.15, 0.2) is 89.7 Å². The van der Waals surface area contributed by atoms with Crippen LogP contribution in [-0.4, -0.2) is 21.1 Å². The first-order valence-corrected chi connectivity index (χ1v) is 11.4. The molecule has 3 aromatic carbocycles. The number of hydrogen-bond acceptors (Lipinski definition) is 4. The van der Waals surface area contributed by atoms with Gasteiger partial charge in [-0.15, -0.1) is 0 Å². The Hall–Kier alpha value is -3.41. The molecule has 0 bridgehead atoms. The molecule has 0 aliphatic carbocycles. The first kappa shape index (κ1) is 21.4. The number of anilines is 2. The molecule has 0 fully saturated rings. The summed E-state index contributed by atoms with van der Waals surface area (Å²) in [5.74, 6) is 0.677. The van der Waals surface area contributed by atoms with Crippen LogP contribution in [0.25, 0.3) is 0 Å². The summed E-state index contributed by atoms with van der Waals surface area (Å²) in [6.07, 6.45) is 0.564. The molecule has 0 saturated carbocycles. The molecule has 0 radical (unpaired) electrons. The maximum atomic E-state index is 13.7.